The van der Waals surface area contributed by atoms with Crippen molar-refractivity contribution in [3.8, 4) is 11.3 Å². The summed E-state index contributed by atoms with van der Waals surface area (Å²) in [5.74, 6) is 0.341. The molecule has 0 atom stereocenters. The molecule has 0 aliphatic carbocycles. The summed E-state index contributed by atoms with van der Waals surface area (Å²) in [6.07, 6.45) is 4.29. The smallest absolute Gasteiger partial charge is 0.273 e. The predicted molar refractivity (Wildman–Crippen MR) is 100 cm³/mol. The first-order valence-corrected chi connectivity index (χ1v) is 7.91. The number of hydrogen-bond donors (Lipinski definition) is 2. The van der Waals surface area contributed by atoms with E-state index in [0.717, 1.165) is 44.7 Å². The Balaban J connectivity index is 0.00000156. The SMILES string of the molecule is Cl.Cl.O=C(NCCCN1CCNCC1)c1cc(-c2cccnc2)on1. The molecule has 0 spiro atoms. The normalized spacial score (nSPS) is 14.2. The predicted octanol–water partition coefficient (Wildman–Crippen LogP) is 1.61. The van der Waals surface area contributed by atoms with E-state index < -0.39 is 0 Å². The van der Waals surface area contributed by atoms with Crippen molar-refractivity contribution in [3.05, 3.63) is 36.3 Å². The lowest BCUT2D eigenvalue weighted by molar-refractivity contribution is 0.0942. The van der Waals surface area contributed by atoms with Crippen LogP contribution < -0.4 is 10.6 Å². The molecule has 9 heteroatoms. The lowest BCUT2D eigenvalue weighted by Crippen LogP contribution is -2.44. The second-order valence-corrected chi connectivity index (χ2v) is 5.52. The Morgan fingerprint density at radius 2 is 2.12 bits per heavy atom. The highest BCUT2D eigenvalue weighted by molar-refractivity contribution is 5.93. The number of halogens is 2. The molecule has 1 aliphatic heterocycles. The molecular weight excluding hydrogens is 365 g/mol. The number of aromatic nitrogens is 2. The molecule has 1 fully saturated rings. The molecule has 0 unspecified atom stereocenters. The zero-order valence-corrected chi connectivity index (χ0v) is 15.4. The van der Waals surface area contributed by atoms with Gasteiger partial charge in [-0.3, -0.25) is 9.78 Å². The van der Waals surface area contributed by atoms with Crippen molar-refractivity contribution in [1.82, 2.24) is 25.7 Å². The third-order valence-electron chi connectivity index (χ3n) is 3.84. The van der Waals surface area contributed by atoms with Crippen LogP contribution in [0.1, 0.15) is 16.9 Å². The maximum Gasteiger partial charge on any atom is 0.273 e. The summed E-state index contributed by atoms with van der Waals surface area (Å²) in [4.78, 5) is 18.5. The molecule has 2 N–H and O–H groups in total. The highest BCUT2D eigenvalue weighted by Gasteiger charge is 2.14. The average molecular weight is 388 g/mol. The molecule has 1 amide bonds. The second-order valence-electron chi connectivity index (χ2n) is 5.52. The topological polar surface area (TPSA) is 83.3 Å². The molecule has 2 aromatic heterocycles. The van der Waals surface area contributed by atoms with E-state index >= 15 is 0 Å². The molecule has 138 valence electrons. The van der Waals surface area contributed by atoms with Gasteiger partial charge >= 0.3 is 0 Å². The Kier molecular flexibility index (Phi) is 9.44. The van der Waals surface area contributed by atoms with E-state index in [1.807, 2.05) is 12.1 Å². The number of nitrogens with zero attached hydrogens (tertiary/aromatic N) is 3. The Hall–Kier alpha value is -1.67. The first-order valence-electron chi connectivity index (χ1n) is 7.91. The van der Waals surface area contributed by atoms with Crippen LogP contribution in [0.2, 0.25) is 0 Å². The molecule has 0 saturated carbocycles. The molecule has 2 aromatic rings. The molecular formula is C16H23Cl2N5O2. The first kappa shape index (κ1) is 21.4. The van der Waals surface area contributed by atoms with Crippen LogP contribution in [0.15, 0.2) is 35.1 Å². The third-order valence-corrected chi connectivity index (χ3v) is 3.84. The van der Waals surface area contributed by atoms with Gasteiger partial charge in [0, 0.05) is 56.7 Å². The molecule has 0 radical (unpaired) electrons. The number of rotatable bonds is 6. The fraction of sp³-hybridized carbons (Fsp3) is 0.438. The van der Waals surface area contributed by atoms with Gasteiger partial charge in [0.05, 0.1) is 0 Å². The van der Waals surface area contributed by atoms with Gasteiger partial charge in [0.25, 0.3) is 5.91 Å². The maximum absolute atomic E-state index is 12.1. The van der Waals surface area contributed by atoms with E-state index in [1.165, 1.54) is 0 Å². The van der Waals surface area contributed by atoms with Gasteiger partial charge in [-0.15, -0.1) is 24.8 Å². The van der Waals surface area contributed by atoms with Crippen molar-refractivity contribution in [2.75, 3.05) is 39.3 Å². The van der Waals surface area contributed by atoms with E-state index in [9.17, 15) is 4.79 Å². The van der Waals surface area contributed by atoms with Crippen LogP contribution in [0, 0.1) is 0 Å². The van der Waals surface area contributed by atoms with Gasteiger partial charge in [0.15, 0.2) is 11.5 Å². The minimum atomic E-state index is -0.204. The Labute approximate surface area is 159 Å². The van der Waals surface area contributed by atoms with Crippen molar-refractivity contribution in [1.29, 1.82) is 0 Å². The maximum atomic E-state index is 12.1. The van der Waals surface area contributed by atoms with Crippen LogP contribution in [0.3, 0.4) is 0 Å². The largest absolute Gasteiger partial charge is 0.355 e. The zero-order chi connectivity index (χ0) is 15.9. The molecule has 1 saturated heterocycles. The lowest BCUT2D eigenvalue weighted by atomic mass is 10.2. The molecule has 7 nitrogen and oxygen atoms in total. The Morgan fingerprint density at radius 1 is 1.32 bits per heavy atom. The van der Waals surface area contributed by atoms with Gasteiger partial charge < -0.3 is 20.1 Å². The van der Waals surface area contributed by atoms with Gasteiger partial charge in [0.2, 0.25) is 0 Å². The van der Waals surface area contributed by atoms with E-state index in [2.05, 4.69) is 25.7 Å². The van der Waals surface area contributed by atoms with Crippen LogP contribution in [0.5, 0.6) is 0 Å². The van der Waals surface area contributed by atoms with Crippen molar-refractivity contribution in [2.24, 2.45) is 0 Å². The van der Waals surface area contributed by atoms with E-state index in [-0.39, 0.29) is 30.7 Å². The number of carbonyl (C=O) groups excluding carboxylic acids is 1. The third kappa shape index (κ3) is 6.28. The molecule has 3 heterocycles. The number of nitrogens with one attached hydrogen (secondary N) is 2. The zero-order valence-electron chi connectivity index (χ0n) is 13.8. The highest BCUT2D eigenvalue weighted by atomic mass is 35.5. The molecule has 0 aromatic carbocycles. The van der Waals surface area contributed by atoms with Gasteiger partial charge in [-0.1, -0.05) is 5.16 Å². The first-order chi connectivity index (χ1) is 11.3. The lowest BCUT2D eigenvalue weighted by Gasteiger charge is -2.26. The Bertz CT molecular complexity index is 632. The molecule has 25 heavy (non-hydrogen) atoms. The average Bonchev–Trinajstić information content (AvgIpc) is 3.10. The number of piperazine rings is 1. The van der Waals surface area contributed by atoms with E-state index in [1.54, 1.807) is 18.5 Å². The second kappa shape index (κ2) is 11.0. The summed E-state index contributed by atoms with van der Waals surface area (Å²) < 4.78 is 5.21. The number of hydrogen-bond acceptors (Lipinski definition) is 6. The Morgan fingerprint density at radius 3 is 2.84 bits per heavy atom. The van der Waals surface area contributed by atoms with E-state index in [4.69, 9.17) is 4.52 Å². The minimum Gasteiger partial charge on any atom is -0.355 e. The molecule has 3 rings (SSSR count). The highest BCUT2D eigenvalue weighted by Crippen LogP contribution is 2.18. The van der Waals surface area contributed by atoms with Crippen molar-refractivity contribution in [3.63, 3.8) is 0 Å². The quantitative estimate of drug-likeness (QED) is 0.732. The van der Waals surface area contributed by atoms with Crippen molar-refractivity contribution >= 4 is 30.7 Å². The van der Waals surface area contributed by atoms with Crippen molar-refractivity contribution < 1.29 is 9.32 Å². The van der Waals surface area contributed by atoms with Gasteiger partial charge in [-0.05, 0) is 25.1 Å². The van der Waals surface area contributed by atoms with Crippen LogP contribution in [-0.2, 0) is 0 Å². The van der Waals surface area contributed by atoms with Crippen LogP contribution in [-0.4, -0.2) is 60.2 Å². The fourth-order valence-corrected chi connectivity index (χ4v) is 2.56. The summed E-state index contributed by atoms with van der Waals surface area (Å²) in [5.41, 5.74) is 1.10. The summed E-state index contributed by atoms with van der Waals surface area (Å²) >= 11 is 0. The minimum absolute atomic E-state index is 0. The summed E-state index contributed by atoms with van der Waals surface area (Å²) in [7, 11) is 0. The number of pyridine rings is 1. The summed E-state index contributed by atoms with van der Waals surface area (Å²) in [5, 5.41) is 10.0. The molecule has 1 aliphatic rings. The monoisotopic (exact) mass is 387 g/mol. The van der Waals surface area contributed by atoms with Crippen LogP contribution in [0.4, 0.5) is 0 Å². The van der Waals surface area contributed by atoms with Gasteiger partial charge in [-0.25, -0.2) is 0 Å². The standard InChI is InChI=1S/C16H21N5O2.2ClH/c22-16(19-5-2-8-21-9-6-17-7-10-21)14-11-15(23-20-14)13-3-1-4-18-12-13;;/h1,3-4,11-12,17H,2,5-10H2,(H,19,22);2*1H. The summed E-state index contributed by atoms with van der Waals surface area (Å²) in [6, 6.07) is 5.32. The summed E-state index contributed by atoms with van der Waals surface area (Å²) in [6.45, 7) is 5.88. The number of carbonyl (C=O) groups is 1. The van der Waals surface area contributed by atoms with Gasteiger partial charge in [-0.2, -0.15) is 0 Å². The van der Waals surface area contributed by atoms with Gasteiger partial charge in [0.1, 0.15) is 0 Å². The number of amides is 1. The van der Waals surface area contributed by atoms with Crippen LogP contribution in [0.25, 0.3) is 11.3 Å². The molecule has 0 bridgehead atoms. The van der Waals surface area contributed by atoms with Crippen molar-refractivity contribution in [2.45, 2.75) is 6.42 Å². The van der Waals surface area contributed by atoms with E-state index in [0.29, 0.717) is 18.0 Å². The van der Waals surface area contributed by atoms with Crippen LogP contribution >= 0.6 is 24.8 Å². The fourth-order valence-electron chi connectivity index (χ4n) is 2.56.